The first-order valence-corrected chi connectivity index (χ1v) is 9.08. The first kappa shape index (κ1) is 19.9. The Morgan fingerprint density at radius 2 is 1.88 bits per heavy atom. The molecule has 26 heavy (non-hydrogen) atoms. The first-order valence-electron chi connectivity index (χ1n) is 9.08. The second-order valence-electron chi connectivity index (χ2n) is 7.10. The number of hydrogen-bond donors (Lipinski definition) is 2. The van der Waals surface area contributed by atoms with Crippen LogP contribution in [0.25, 0.3) is 0 Å². The van der Waals surface area contributed by atoms with Gasteiger partial charge in [-0.2, -0.15) is 0 Å². The summed E-state index contributed by atoms with van der Waals surface area (Å²) in [6.07, 6.45) is 3.12. The third-order valence-corrected chi connectivity index (χ3v) is 4.43. The van der Waals surface area contributed by atoms with Gasteiger partial charge in [0.15, 0.2) is 0 Å². The highest BCUT2D eigenvalue weighted by atomic mass is 16.3. The Morgan fingerprint density at radius 1 is 1.19 bits per heavy atom. The van der Waals surface area contributed by atoms with Crippen molar-refractivity contribution in [3.05, 3.63) is 69.6 Å². The second-order valence-corrected chi connectivity index (χ2v) is 7.10. The molecule has 5 heteroatoms. The number of hydrogen-bond acceptors (Lipinski definition) is 3. The third-order valence-electron chi connectivity index (χ3n) is 4.43. The summed E-state index contributed by atoms with van der Waals surface area (Å²) >= 11 is 0. The van der Waals surface area contributed by atoms with Crippen LogP contribution in [0.15, 0.2) is 47.4 Å². The molecule has 1 heterocycles. The molecule has 0 fully saturated rings. The number of nitrogens with one attached hydrogen (secondary N) is 1. The molecular formula is C21H28N2O3. The van der Waals surface area contributed by atoms with Gasteiger partial charge in [-0.15, -0.1) is 0 Å². The zero-order valence-corrected chi connectivity index (χ0v) is 15.7. The molecule has 1 aromatic carbocycles. The van der Waals surface area contributed by atoms with E-state index in [0.29, 0.717) is 24.4 Å². The SMILES string of the molecule is Cc1ccn(CCC(C)C)c(=O)c1C(=O)N[C@H](CO)Cc1ccccc1. The predicted molar refractivity (Wildman–Crippen MR) is 103 cm³/mol. The molecule has 0 aliphatic rings. The van der Waals surface area contributed by atoms with Gasteiger partial charge in [-0.25, -0.2) is 0 Å². The number of aliphatic hydroxyl groups excluding tert-OH is 1. The van der Waals surface area contributed by atoms with Crippen LogP contribution in [0.1, 0.15) is 41.8 Å². The Labute approximate surface area is 154 Å². The van der Waals surface area contributed by atoms with Crippen molar-refractivity contribution in [2.24, 2.45) is 5.92 Å². The number of aromatic nitrogens is 1. The zero-order chi connectivity index (χ0) is 19.1. The number of carbonyl (C=O) groups excluding carboxylic acids is 1. The number of aliphatic hydroxyl groups is 1. The molecule has 1 aromatic heterocycles. The van der Waals surface area contributed by atoms with Crippen molar-refractivity contribution < 1.29 is 9.90 Å². The molecule has 140 valence electrons. The highest BCUT2D eigenvalue weighted by Gasteiger charge is 2.19. The van der Waals surface area contributed by atoms with E-state index in [9.17, 15) is 14.7 Å². The topological polar surface area (TPSA) is 71.3 Å². The smallest absolute Gasteiger partial charge is 0.263 e. The van der Waals surface area contributed by atoms with Crippen molar-refractivity contribution in [1.29, 1.82) is 0 Å². The largest absolute Gasteiger partial charge is 0.394 e. The number of aryl methyl sites for hydroxylation is 2. The van der Waals surface area contributed by atoms with Gasteiger partial charge in [0.05, 0.1) is 12.6 Å². The summed E-state index contributed by atoms with van der Waals surface area (Å²) in [6, 6.07) is 11.0. The Morgan fingerprint density at radius 3 is 2.50 bits per heavy atom. The number of benzene rings is 1. The number of rotatable bonds is 8. The molecule has 2 aromatic rings. The lowest BCUT2D eigenvalue weighted by molar-refractivity contribution is 0.0913. The fraction of sp³-hybridized carbons (Fsp3) is 0.429. The zero-order valence-electron chi connectivity index (χ0n) is 15.7. The van der Waals surface area contributed by atoms with Crippen LogP contribution in [0.4, 0.5) is 0 Å². The Hall–Kier alpha value is -2.40. The van der Waals surface area contributed by atoms with E-state index in [2.05, 4.69) is 19.2 Å². The van der Waals surface area contributed by atoms with Crippen LogP contribution in [-0.2, 0) is 13.0 Å². The lowest BCUT2D eigenvalue weighted by Crippen LogP contribution is -2.42. The van der Waals surface area contributed by atoms with Crippen LogP contribution in [0.2, 0.25) is 0 Å². The van der Waals surface area contributed by atoms with E-state index >= 15 is 0 Å². The van der Waals surface area contributed by atoms with Gasteiger partial charge >= 0.3 is 0 Å². The maximum absolute atomic E-state index is 12.7. The summed E-state index contributed by atoms with van der Waals surface area (Å²) in [7, 11) is 0. The van der Waals surface area contributed by atoms with Crippen LogP contribution in [0, 0.1) is 12.8 Å². The molecule has 2 N–H and O–H groups in total. The standard InChI is InChI=1S/C21H28N2O3/c1-15(2)9-11-23-12-10-16(3)19(21(23)26)20(25)22-18(14-24)13-17-7-5-4-6-8-17/h4-8,10,12,15,18,24H,9,11,13-14H2,1-3H3,(H,22,25)/t18-/m0/s1. The Kier molecular flexibility index (Phi) is 7.16. The number of amides is 1. The molecule has 0 aliphatic carbocycles. The van der Waals surface area contributed by atoms with Crippen molar-refractivity contribution in [2.45, 2.75) is 46.2 Å². The van der Waals surface area contributed by atoms with Crippen molar-refractivity contribution in [2.75, 3.05) is 6.61 Å². The Bertz CT molecular complexity index is 782. The molecule has 0 spiro atoms. The lowest BCUT2D eigenvalue weighted by atomic mass is 10.1. The van der Waals surface area contributed by atoms with Crippen molar-refractivity contribution in [3.8, 4) is 0 Å². The molecule has 1 amide bonds. The minimum Gasteiger partial charge on any atom is -0.394 e. The third kappa shape index (κ3) is 5.30. The summed E-state index contributed by atoms with van der Waals surface area (Å²) in [5.41, 5.74) is 1.54. The molecule has 1 atom stereocenters. The van der Waals surface area contributed by atoms with Crippen molar-refractivity contribution in [1.82, 2.24) is 9.88 Å². The fourth-order valence-electron chi connectivity index (χ4n) is 2.83. The van der Waals surface area contributed by atoms with E-state index in [1.54, 1.807) is 23.8 Å². The molecule has 0 bridgehead atoms. The predicted octanol–water partition coefficient (Wildman–Crippen LogP) is 2.54. The normalized spacial score (nSPS) is 12.2. The Balaban J connectivity index is 2.17. The van der Waals surface area contributed by atoms with Gasteiger partial charge < -0.3 is 15.0 Å². The highest BCUT2D eigenvalue weighted by Crippen LogP contribution is 2.07. The molecular weight excluding hydrogens is 328 g/mol. The molecule has 0 unspecified atom stereocenters. The minimum absolute atomic E-state index is 0.155. The average molecular weight is 356 g/mol. The molecule has 0 saturated heterocycles. The van der Waals surface area contributed by atoms with Gasteiger partial charge in [0, 0.05) is 12.7 Å². The van der Waals surface area contributed by atoms with E-state index in [1.165, 1.54) is 0 Å². The summed E-state index contributed by atoms with van der Waals surface area (Å²) in [5.74, 6) is 0.0477. The van der Waals surface area contributed by atoms with E-state index < -0.39 is 11.9 Å². The van der Waals surface area contributed by atoms with E-state index in [0.717, 1.165) is 12.0 Å². The highest BCUT2D eigenvalue weighted by molar-refractivity contribution is 5.95. The average Bonchev–Trinajstić information content (AvgIpc) is 2.61. The maximum Gasteiger partial charge on any atom is 0.263 e. The number of pyridine rings is 1. The number of carbonyl (C=O) groups is 1. The maximum atomic E-state index is 12.7. The lowest BCUT2D eigenvalue weighted by Gasteiger charge is -2.18. The van der Waals surface area contributed by atoms with Crippen LogP contribution < -0.4 is 10.9 Å². The minimum atomic E-state index is -0.437. The van der Waals surface area contributed by atoms with Crippen molar-refractivity contribution in [3.63, 3.8) is 0 Å². The molecule has 0 radical (unpaired) electrons. The summed E-state index contributed by atoms with van der Waals surface area (Å²) < 4.78 is 1.59. The number of nitrogens with zero attached hydrogens (tertiary/aromatic N) is 1. The second kappa shape index (κ2) is 9.34. The summed E-state index contributed by atoms with van der Waals surface area (Å²) in [6.45, 7) is 6.36. The van der Waals surface area contributed by atoms with Gasteiger partial charge in [0.2, 0.25) is 0 Å². The van der Waals surface area contributed by atoms with Gasteiger partial charge in [0.25, 0.3) is 11.5 Å². The van der Waals surface area contributed by atoms with E-state index in [1.807, 2.05) is 30.3 Å². The van der Waals surface area contributed by atoms with Crippen LogP contribution >= 0.6 is 0 Å². The molecule has 0 aliphatic heterocycles. The van der Waals surface area contributed by atoms with Crippen LogP contribution in [0.3, 0.4) is 0 Å². The molecule has 2 rings (SSSR count). The summed E-state index contributed by atoms with van der Waals surface area (Å²) in [5, 5.41) is 12.4. The summed E-state index contributed by atoms with van der Waals surface area (Å²) in [4.78, 5) is 25.4. The van der Waals surface area contributed by atoms with Gasteiger partial charge in [-0.1, -0.05) is 44.2 Å². The van der Waals surface area contributed by atoms with Crippen LogP contribution in [0.5, 0.6) is 0 Å². The van der Waals surface area contributed by atoms with Gasteiger partial charge in [-0.3, -0.25) is 9.59 Å². The molecule has 5 nitrogen and oxygen atoms in total. The van der Waals surface area contributed by atoms with Crippen LogP contribution in [-0.4, -0.2) is 28.2 Å². The molecule has 0 saturated carbocycles. The van der Waals surface area contributed by atoms with Gasteiger partial charge in [0.1, 0.15) is 5.56 Å². The quantitative estimate of drug-likeness (QED) is 0.763. The van der Waals surface area contributed by atoms with Crippen molar-refractivity contribution >= 4 is 5.91 Å². The van der Waals surface area contributed by atoms with E-state index in [-0.39, 0.29) is 17.7 Å². The monoisotopic (exact) mass is 356 g/mol. The fourth-order valence-corrected chi connectivity index (χ4v) is 2.83. The van der Waals surface area contributed by atoms with Gasteiger partial charge in [-0.05, 0) is 42.9 Å². The van der Waals surface area contributed by atoms with E-state index in [4.69, 9.17) is 0 Å². The first-order chi connectivity index (χ1) is 12.4.